The molecule has 0 radical (unpaired) electrons. The summed E-state index contributed by atoms with van der Waals surface area (Å²) in [4.78, 5) is 2.39. The molecule has 11 rings (SSSR count). The van der Waals surface area contributed by atoms with E-state index in [2.05, 4.69) is 193 Å². The summed E-state index contributed by atoms with van der Waals surface area (Å²) in [6.07, 6.45) is 0. The number of fused-ring (bicyclic) bond motifs is 8. The number of anilines is 3. The van der Waals surface area contributed by atoms with E-state index in [0.717, 1.165) is 50.1 Å². The number of hydrogen-bond donors (Lipinski definition) is 0. The second-order valence-electron chi connectivity index (χ2n) is 13.7. The predicted octanol–water partition coefficient (Wildman–Crippen LogP) is 15.1. The summed E-state index contributed by atoms with van der Waals surface area (Å²) >= 11 is 1.85. The molecule has 0 saturated carbocycles. The highest BCUT2D eigenvalue weighted by Gasteiger charge is 2.21. The molecule has 248 valence electrons. The molecule has 0 spiro atoms. The quantitative estimate of drug-likeness (QED) is 0.178. The second-order valence-corrected chi connectivity index (χ2v) is 14.7. The molecule has 0 fully saturated rings. The maximum absolute atomic E-state index is 7.01. The van der Waals surface area contributed by atoms with Crippen LogP contribution in [0.4, 0.5) is 17.1 Å². The van der Waals surface area contributed by atoms with Gasteiger partial charge in [-0.15, -0.1) is 11.3 Å². The lowest BCUT2D eigenvalue weighted by Gasteiger charge is -2.26. The zero-order valence-electron chi connectivity index (χ0n) is 28.7. The lowest BCUT2D eigenvalue weighted by molar-refractivity contribution is 0.670. The van der Waals surface area contributed by atoms with Gasteiger partial charge in [-0.1, -0.05) is 133 Å². The van der Waals surface area contributed by atoms with Crippen molar-refractivity contribution >= 4 is 92.1 Å². The van der Waals surface area contributed by atoms with E-state index in [0.29, 0.717) is 0 Å². The van der Waals surface area contributed by atoms with Crippen LogP contribution in [0.15, 0.2) is 192 Å². The molecular weight excluding hydrogens is 663 g/mol. The first-order valence-electron chi connectivity index (χ1n) is 18.0. The smallest absolute Gasteiger partial charge is 0.143 e. The molecule has 0 aliphatic carbocycles. The Balaban J connectivity index is 1.14. The third-order valence-electron chi connectivity index (χ3n) is 10.6. The second kappa shape index (κ2) is 11.9. The van der Waals surface area contributed by atoms with Crippen molar-refractivity contribution in [2.45, 2.75) is 0 Å². The van der Waals surface area contributed by atoms with E-state index in [1.807, 2.05) is 11.3 Å². The van der Waals surface area contributed by atoms with Crippen molar-refractivity contribution in [2.75, 3.05) is 4.90 Å². The Labute approximate surface area is 310 Å². The zero-order valence-corrected chi connectivity index (χ0v) is 29.5. The number of hydrogen-bond acceptors (Lipinski definition) is 3. The molecule has 0 saturated heterocycles. The zero-order chi connectivity index (χ0) is 34.9. The van der Waals surface area contributed by atoms with Gasteiger partial charge < -0.3 is 9.32 Å². The molecule has 53 heavy (non-hydrogen) atoms. The first-order valence-corrected chi connectivity index (χ1v) is 18.8. The number of rotatable bonds is 5. The molecule has 0 amide bonds. The molecule has 2 aromatic heterocycles. The highest BCUT2D eigenvalue weighted by Crippen LogP contribution is 2.47. The first kappa shape index (κ1) is 30.0. The lowest BCUT2D eigenvalue weighted by atomic mass is 9.94. The van der Waals surface area contributed by atoms with E-state index >= 15 is 0 Å². The van der Waals surface area contributed by atoms with Gasteiger partial charge in [-0.25, -0.2) is 0 Å². The minimum atomic E-state index is 0.865. The molecule has 0 bridgehead atoms. The Kier molecular flexibility index (Phi) is 6.76. The van der Waals surface area contributed by atoms with E-state index in [1.54, 1.807) is 0 Å². The van der Waals surface area contributed by atoms with Gasteiger partial charge in [0.25, 0.3) is 0 Å². The summed E-state index contributed by atoms with van der Waals surface area (Å²) in [5.74, 6) is 0. The van der Waals surface area contributed by atoms with Crippen molar-refractivity contribution in [1.29, 1.82) is 0 Å². The highest BCUT2D eigenvalue weighted by molar-refractivity contribution is 7.26. The van der Waals surface area contributed by atoms with Crippen molar-refractivity contribution in [3.8, 4) is 22.3 Å². The number of furan rings is 1. The third-order valence-corrected chi connectivity index (χ3v) is 11.8. The molecule has 0 unspecified atom stereocenters. The van der Waals surface area contributed by atoms with Crippen LogP contribution in [0.1, 0.15) is 0 Å². The van der Waals surface area contributed by atoms with Crippen molar-refractivity contribution in [3.05, 3.63) is 188 Å². The fourth-order valence-electron chi connectivity index (χ4n) is 8.10. The van der Waals surface area contributed by atoms with Crippen LogP contribution in [-0.4, -0.2) is 0 Å². The monoisotopic (exact) mass is 693 g/mol. The Bertz CT molecular complexity index is 3170. The van der Waals surface area contributed by atoms with Gasteiger partial charge >= 0.3 is 0 Å². The summed E-state index contributed by atoms with van der Waals surface area (Å²) in [5, 5.41) is 9.62. The van der Waals surface area contributed by atoms with Crippen LogP contribution in [0.25, 0.3) is 85.9 Å². The lowest BCUT2D eigenvalue weighted by Crippen LogP contribution is -2.10. The highest BCUT2D eigenvalue weighted by atomic mass is 32.1. The molecule has 0 aliphatic rings. The first-order chi connectivity index (χ1) is 26.3. The van der Waals surface area contributed by atoms with Crippen LogP contribution in [0, 0.1) is 0 Å². The Morgan fingerprint density at radius 1 is 0.396 bits per heavy atom. The maximum Gasteiger partial charge on any atom is 0.143 e. The van der Waals surface area contributed by atoms with E-state index in [4.69, 9.17) is 4.42 Å². The van der Waals surface area contributed by atoms with Gasteiger partial charge in [0, 0.05) is 49.2 Å². The largest absolute Gasteiger partial charge is 0.455 e. The van der Waals surface area contributed by atoms with Crippen LogP contribution in [0.3, 0.4) is 0 Å². The van der Waals surface area contributed by atoms with Crippen molar-refractivity contribution in [1.82, 2.24) is 0 Å². The standard InChI is InChI=1S/C50H31NOS/c1-2-11-32(12-3-1)34-23-25-38(26-24-34)51(45-19-10-18-43-42-17-8-9-20-47(42)53-50(43)45)39-27-28-41-44-30-36-15-6-7-16-40(36)48(49(44)52-46(41)31-39)37-22-21-33-13-4-5-14-35(33)29-37/h1-31H. The van der Waals surface area contributed by atoms with Gasteiger partial charge in [-0.3, -0.25) is 0 Å². The molecule has 0 atom stereocenters. The minimum absolute atomic E-state index is 0.865. The Hall–Kier alpha value is -6.68. The Morgan fingerprint density at radius 2 is 1.08 bits per heavy atom. The molecular formula is C50H31NOS. The van der Waals surface area contributed by atoms with Gasteiger partial charge in [0.1, 0.15) is 11.2 Å². The van der Waals surface area contributed by atoms with Gasteiger partial charge in [0.05, 0.1) is 10.4 Å². The third kappa shape index (κ3) is 4.86. The SMILES string of the molecule is c1ccc(-c2ccc(N(c3ccc4c(c3)oc3c(-c5ccc6ccccc6c5)c5ccccc5cc34)c3cccc4c3sc3ccccc34)cc2)cc1. The molecule has 0 aliphatic heterocycles. The average Bonchev–Trinajstić information content (AvgIpc) is 3.79. The normalized spacial score (nSPS) is 11.8. The van der Waals surface area contributed by atoms with E-state index < -0.39 is 0 Å². The van der Waals surface area contributed by atoms with Crippen LogP contribution in [0.5, 0.6) is 0 Å². The summed E-state index contributed by atoms with van der Waals surface area (Å²) < 4.78 is 9.56. The molecule has 11 aromatic rings. The maximum atomic E-state index is 7.01. The van der Waals surface area contributed by atoms with Crippen molar-refractivity contribution < 1.29 is 4.42 Å². The number of nitrogens with zero attached hydrogens (tertiary/aromatic N) is 1. The summed E-state index contributed by atoms with van der Waals surface area (Å²) in [6, 6.07) is 67.8. The Morgan fingerprint density at radius 3 is 1.94 bits per heavy atom. The molecule has 2 heterocycles. The van der Waals surface area contributed by atoms with Crippen LogP contribution in [0.2, 0.25) is 0 Å². The van der Waals surface area contributed by atoms with E-state index in [1.165, 1.54) is 52.8 Å². The van der Waals surface area contributed by atoms with Crippen molar-refractivity contribution in [2.24, 2.45) is 0 Å². The van der Waals surface area contributed by atoms with Gasteiger partial charge in [-0.05, 0) is 86.8 Å². The van der Waals surface area contributed by atoms with Gasteiger partial charge in [0.2, 0.25) is 0 Å². The average molecular weight is 694 g/mol. The molecule has 9 aromatic carbocycles. The topological polar surface area (TPSA) is 16.4 Å². The summed E-state index contributed by atoms with van der Waals surface area (Å²) in [5.41, 5.74) is 9.74. The predicted molar refractivity (Wildman–Crippen MR) is 227 cm³/mol. The molecule has 0 N–H and O–H groups in total. The fourth-order valence-corrected chi connectivity index (χ4v) is 9.31. The molecule has 3 heteroatoms. The summed E-state index contributed by atoms with van der Waals surface area (Å²) in [6.45, 7) is 0. The van der Waals surface area contributed by atoms with E-state index in [-0.39, 0.29) is 0 Å². The number of thiophene rings is 1. The van der Waals surface area contributed by atoms with Crippen LogP contribution < -0.4 is 4.90 Å². The van der Waals surface area contributed by atoms with Crippen LogP contribution in [-0.2, 0) is 0 Å². The number of benzene rings is 9. The summed E-state index contributed by atoms with van der Waals surface area (Å²) in [7, 11) is 0. The van der Waals surface area contributed by atoms with Crippen molar-refractivity contribution in [3.63, 3.8) is 0 Å². The van der Waals surface area contributed by atoms with Gasteiger partial charge in [0.15, 0.2) is 0 Å². The molecule has 2 nitrogen and oxygen atoms in total. The van der Waals surface area contributed by atoms with Gasteiger partial charge in [-0.2, -0.15) is 0 Å². The van der Waals surface area contributed by atoms with E-state index in [9.17, 15) is 0 Å². The fraction of sp³-hybridized carbons (Fsp3) is 0. The van der Waals surface area contributed by atoms with Crippen LogP contribution >= 0.6 is 11.3 Å². The minimum Gasteiger partial charge on any atom is -0.455 e.